The van der Waals surface area contributed by atoms with Crippen molar-refractivity contribution in [2.75, 3.05) is 0 Å². The standard InChI is InChI=1S/C17H18FN3O/c1-12-4-5-21-15(10-20-17(21)6-12)9-19-8-13-2-3-16(18)14(7-13)11-22/h2-7,10,19,22H,8-9,11H2,1H3. The Kier molecular flexibility index (Phi) is 4.18. The van der Waals surface area contributed by atoms with Crippen molar-refractivity contribution in [1.82, 2.24) is 14.7 Å². The van der Waals surface area contributed by atoms with Gasteiger partial charge in [0.15, 0.2) is 0 Å². The monoisotopic (exact) mass is 299 g/mol. The van der Waals surface area contributed by atoms with Crippen LogP contribution in [0.5, 0.6) is 0 Å². The van der Waals surface area contributed by atoms with Crippen molar-refractivity contribution < 1.29 is 9.50 Å². The zero-order valence-electron chi connectivity index (χ0n) is 12.4. The Labute approximate surface area is 128 Å². The molecular weight excluding hydrogens is 281 g/mol. The number of aromatic nitrogens is 2. The van der Waals surface area contributed by atoms with Crippen LogP contribution >= 0.6 is 0 Å². The van der Waals surface area contributed by atoms with Crippen molar-refractivity contribution in [3.05, 3.63) is 70.9 Å². The van der Waals surface area contributed by atoms with E-state index in [0.29, 0.717) is 18.7 Å². The number of nitrogens with zero attached hydrogens (tertiary/aromatic N) is 2. The molecule has 2 N–H and O–H groups in total. The second-order valence-electron chi connectivity index (χ2n) is 5.37. The van der Waals surface area contributed by atoms with E-state index in [0.717, 1.165) is 16.9 Å². The highest BCUT2D eigenvalue weighted by molar-refractivity contribution is 5.42. The molecule has 4 nitrogen and oxygen atoms in total. The lowest BCUT2D eigenvalue weighted by molar-refractivity contribution is 0.275. The average molecular weight is 299 g/mol. The molecule has 0 spiro atoms. The van der Waals surface area contributed by atoms with Gasteiger partial charge < -0.3 is 14.8 Å². The van der Waals surface area contributed by atoms with Gasteiger partial charge in [-0.25, -0.2) is 9.37 Å². The van der Waals surface area contributed by atoms with E-state index >= 15 is 0 Å². The van der Waals surface area contributed by atoms with Crippen LogP contribution in [0, 0.1) is 12.7 Å². The molecule has 2 heterocycles. The van der Waals surface area contributed by atoms with Gasteiger partial charge in [-0.3, -0.25) is 0 Å². The lowest BCUT2D eigenvalue weighted by Gasteiger charge is -2.07. The molecule has 3 aromatic rings. The minimum absolute atomic E-state index is 0.285. The lowest BCUT2D eigenvalue weighted by Crippen LogP contribution is -2.14. The van der Waals surface area contributed by atoms with Crippen LogP contribution < -0.4 is 5.32 Å². The molecule has 0 saturated heterocycles. The van der Waals surface area contributed by atoms with Gasteiger partial charge in [0.25, 0.3) is 0 Å². The quantitative estimate of drug-likeness (QED) is 0.761. The molecule has 0 atom stereocenters. The first kappa shape index (κ1) is 14.7. The van der Waals surface area contributed by atoms with Gasteiger partial charge in [0.05, 0.1) is 18.5 Å². The van der Waals surface area contributed by atoms with Crippen LogP contribution in [0.4, 0.5) is 4.39 Å². The third kappa shape index (κ3) is 3.00. The van der Waals surface area contributed by atoms with E-state index in [9.17, 15) is 4.39 Å². The summed E-state index contributed by atoms with van der Waals surface area (Å²) in [7, 11) is 0. The number of pyridine rings is 1. The smallest absolute Gasteiger partial charge is 0.137 e. The Balaban J connectivity index is 1.67. The molecule has 0 unspecified atom stereocenters. The van der Waals surface area contributed by atoms with Crippen LogP contribution in [-0.4, -0.2) is 14.5 Å². The largest absolute Gasteiger partial charge is 0.392 e. The molecule has 22 heavy (non-hydrogen) atoms. The number of halogens is 1. The molecule has 114 valence electrons. The minimum Gasteiger partial charge on any atom is -0.392 e. The summed E-state index contributed by atoms with van der Waals surface area (Å²) < 4.78 is 15.4. The molecule has 0 amide bonds. The van der Waals surface area contributed by atoms with E-state index in [1.54, 1.807) is 12.1 Å². The Morgan fingerprint density at radius 3 is 2.91 bits per heavy atom. The maximum atomic E-state index is 13.3. The second-order valence-corrected chi connectivity index (χ2v) is 5.37. The van der Waals surface area contributed by atoms with Gasteiger partial charge >= 0.3 is 0 Å². The Hall–Kier alpha value is -2.24. The number of aryl methyl sites for hydroxylation is 1. The van der Waals surface area contributed by atoms with Crippen LogP contribution in [0.1, 0.15) is 22.4 Å². The van der Waals surface area contributed by atoms with Crippen molar-refractivity contribution in [3.8, 4) is 0 Å². The maximum absolute atomic E-state index is 13.3. The van der Waals surface area contributed by atoms with Gasteiger partial charge in [-0.05, 0) is 42.3 Å². The summed E-state index contributed by atoms with van der Waals surface area (Å²) in [5.74, 6) is -0.372. The molecule has 3 rings (SSSR count). The van der Waals surface area contributed by atoms with Crippen LogP contribution in [0.3, 0.4) is 0 Å². The zero-order chi connectivity index (χ0) is 15.5. The van der Waals surface area contributed by atoms with Crippen LogP contribution in [0.25, 0.3) is 5.65 Å². The van der Waals surface area contributed by atoms with E-state index < -0.39 is 0 Å². The molecule has 1 aromatic carbocycles. The van der Waals surface area contributed by atoms with E-state index in [1.165, 1.54) is 11.6 Å². The first-order valence-corrected chi connectivity index (χ1v) is 7.19. The molecule has 0 aliphatic heterocycles. The molecule has 0 aliphatic rings. The number of hydrogen-bond donors (Lipinski definition) is 2. The summed E-state index contributed by atoms with van der Waals surface area (Å²) in [5, 5.41) is 12.4. The van der Waals surface area contributed by atoms with Crippen molar-refractivity contribution in [2.45, 2.75) is 26.6 Å². The topological polar surface area (TPSA) is 49.6 Å². The van der Waals surface area contributed by atoms with Crippen molar-refractivity contribution in [3.63, 3.8) is 0 Å². The highest BCUT2D eigenvalue weighted by Crippen LogP contribution is 2.12. The first-order valence-electron chi connectivity index (χ1n) is 7.19. The lowest BCUT2D eigenvalue weighted by atomic mass is 10.1. The molecule has 0 aliphatic carbocycles. The summed E-state index contributed by atoms with van der Waals surface area (Å²) in [5.41, 5.74) is 4.45. The van der Waals surface area contributed by atoms with Gasteiger partial charge in [0, 0.05) is 24.8 Å². The van der Waals surface area contributed by atoms with E-state index in [2.05, 4.69) is 10.3 Å². The number of imidazole rings is 1. The molecule has 0 saturated carbocycles. The fourth-order valence-corrected chi connectivity index (χ4v) is 2.46. The highest BCUT2D eigenvalue weighted by Gasteiger charge is 2.05. The predicted molar refractivity (Wildman–Crippen MR) is 82.8 cm³/mol. The number of rotatable bonds is 5. The fraction of sp³-hybridized carbons (Fsp3) is 0.235. The molecule has 0 bridgehead atoms. The SMILES string of the molecule is Cc1ccn2c(CNCc3ccc(F)c(CO)c3)cnc2c1. The normalized spacial score (nSPS) is 11.2. The third-order valence-corrected chi connectivity index (χ3v) is 3.66. The fourth-order valence-electron chi connectivity index (χ4n) is 2.46. The van der Waals surface area contributed by atoms with E-state index in [1.807, 2.05) is 35.9 Å². The average Bonchev–Trinajstić information content (AvgIpc) is 2.91. The number of hydrogen-bond acceptors (Lipinski definition) is 3. The van der Waals surface area contributed by atoms with Crippen LogP contribution in [0.2, 0.25) is 0 Å². The van der Waals surface area contributed by atoms with E-state index in [-0.39, 0.29) is 12.4 Å². The van der Waals surface area contributed by atoms with Gasteiger partial charge in [-0.2, -0.15) is 0 Å². The Morgan fingerprint density at radius 2 is 2.09 bits per heavy atom. The van der Waals surface area contributed by atoms with Crippen LogP contribution in [0.15, 0.2) is 42.7 Å². The number of nitrogens with one attached hydrogen (secondary N) is 1. The summed E-state index contributed by atoms with van der Waals surface area (Å²) >= 11 is 0. The predicted octanol–water partition coefficient (Wildman–Crippen LogP) is 2.56. The summed E-state index contributed by atoms with van der Waals surface area (Å²) in [4.78, 5) is 4.38. The Morgan fingerprint density at radius 1 is 1.23 bits per heavy atom. The second kappa shape index (κ2) is 6.25. The zero-order valence-corrected chi connectivity index (χ0v) is 12.4. The summed E-state index contributed by atoms with van der Waals surface area (Å²) in [6.45, 7) is 3.02. The summed E-state index contributed by atoms with van der Waals surface area (Å²) in [6.07, 6.45) is 3.86. The molecule has 2 aromatic heterocycles. The Bertz CT molecular complexity index is 798. The molecule has 0 radical (unpaired) electrons. The third-order valence-electron chi connectivity index (χ3n) is 3.66. The van der Waals surface area contributed by atoms with Crippen molar-refractivity contribution >= 4 is 5.65 Å². The van der Waals surface area contributed by atoms with Gasteiger partial charge in [0.1, 0.15) is 11.5 Å². The molecule has 0 fully saturated rings. The first-order chi connectivity index (χ1) is 10.7. The summed E-state index contributed by atoms with van der Waals surface area (Å²) in [6, 6.07) is 8.88. The number of aliphatic hydroxyl groups is 1. The van der Waals surface area contributed by atoms with Crippen molar-refractivity contribution in [1.29, 1.82) is 0 Å². The van der Waals surface area contributed by atoms with Gasteiger partial charge in [-0.1, -0.05) is 6.07 Å². The van der Waals surface area contributed by atoms with Crippen molar-refractivity contribution in [2.24, 2.45) is 0 Å². The number of fused-ring (bicyclic) bond motifs is 1. The molecular formula is C17H18FN3O. The van der Waals surface area contributed by atoms with Gasteiger partial charge in [-0.15, -0.1) is 0 Å². The minimum atomic E-state index is -0.372. The van der Waals surface area contributed by atoms with E-state index in [4.69, 9.17) is 5.11 Å². The molecule has 5 heteroatoms. The van der Waals surface area contributed by atoms with Crippen LogP contribution in [-0.2, 0) is 19.7 Å². The highest BCUT2D eigenvalue weighted by atomic mass is 19.1. The number of aliphatic hydroxyl groups excluding tert-OH is 1. The van der Waals surface area contributed by atoms with Gasteiger partial charge in [0.2, 0.25) is 0 Å². The maximum Gasteiger partial charge on any atom is 0.137 e. The number of benzene rings is 1.